The van der Waals surface area contributed by atoms with Gasteiger partial charge in [0, 0.05) is 101 Å². The fourth-order valence-electron chi connectivity index (χ4n) is 10.6. The molecule has 6 heterocycles. The Morgan fingerprint density at radius 2 is 1.28 bits per heavy atom. The summed E-state index contributed by atoms with van der Waals surface area (Å²) in [5, 5.41) is 60.5. The number of aliphatic carboxylic acids is 1. The van der Waals surface area contributed by atoms with Crippen LogP contribution in [0.5, 0.6) is 17.2 Å². The fourth-order valence-corrected chi connectivity index (χ4v) is 10.6. The van der Waals surface area contributed by atoms with Gasteiger partial charge in [-0.25, -0.2) is 19.6 Å². The number of hydrogen-bond acceptors (Lipinski definition) is 22. The Kier molecular flexibility index (Phi) is 22.3. The Balaban J connectivity index is 0.920. The van der Waals surface area contributed by atoms with Crippen LogP contribution in [-0.4, -0.2) is 199 Å². The molecule has 9 amide bonds. The van der Waals surface area contributed by atoms with Crippen LogP contribution in [0, 0.1) is 13.8 Å². The number of anilines is 3. The third-order valence-electron chi connectivity index (χ3n) is 15.6. The lowest BCUT2D eigenvalue weighted by atomic mass is 9.99. The monoisotopic (exact) mass is 1360 g/mol. The molecule has 12 N–H and O–H groups in total. The highest BCUT2D eigenvalue weighted by Gasteiger charge is 2.48. The Bertz CT molecular complexity index is 4320. The molecule has 3 aromatic carbocycles. The van der Waals surface area contributed by atoms with Crippen molar-refractivity contribution in [2.24, 2.45) is 11.5 Å². The summed E-state index contributed by atoms with van der Waals surface area (Å²) < 4.78 is 35.0. The zero-order valence-electron chi connectivity index (χ0n) is 53.9. The molecule has 5 atom stereocenters. The molecule has 0 radical (unpaired) electrons. The number of amides is 9. The molecule has 0 aliphatic carbocycles. The Morgan fingerprint density at radius 3 is 1.82 bits per heavy atom. The van der Waals surface area contributed by atoms with Gasteiger partial charge in [0.15, 0.2) is 6.10 Å². The molecule has 0 spiro atoms. The minimum atomic E-state index is -2.01. The van der Waals surface area contributed by atoms with Crippen LogP contribution in [0.2, 0.25) is 0 Å². The normalized spacial score (nSPS) is 16.7. The van der Waals surface area contributed by atoms with Crippen LogP contribution < -0.4 is 46.9 Å². The van der Waals surface area contributed by atoms with E-state index < -0.39 is 96.6 Å². The van der Waals surface area contributed by atoms with Crippen LogP contribution in [0.15, 0.2) is 78.9 Å². The Morgan fingerprint density at radius 1 is 0.714 bits per heavy atom. The number of carbonyl (C=O) groups is 10. The van der Waals surface area contributed by atoms with E-state index in [0.29, 0.717) is 35.5 Å². The molecule has 98 heavy (non-hydrogen) atoms. The van der Waals surface area contributed by atoms with Gasteiger partial charge in [-0.05, 0) is 82.6 Å². The molecule has 7 aromatic rings. The number of allylic oxidation sites excluding steroid dienone is 2. The van der Waals surface area contributed by atoms with Crippen molar-refractivity contribution >= 4 is 99.0 Å². The van der Waals surface area contributed by atoms with Gasteiger partial charge in [-0.2, -0.15) is 10.2 Å². The first-order valence-corrected chi connectivity index (χ1v) is 30.7. The summed E-state index contributed by atoms with van der Waals surface area (Å²) in [6, 6.07) is 12.9. The molecule has 1 saturated heterocycles. The van der Waals surface area contributed by atoms with Crippen LogP contribution in [0.3, 0.4) is 0 Å². The number of ether oxygens (including phenoxy) is 5. The van der Waals surface area contributed by atoms with Crippen molar-refractivity contribution in [2.75, 3.05) is 56.3 Å². The first-order valence-electron chi connectivity index (χ1n) is 30.7. The van der Waals surface area contributed by atoms with Crippen molar-refractivity contribution in [3.8, 4) is 17.2 Å². The number of aliphatic hydroxyl groups is 3. The number of rotatable bonds is 30. The van der Waals surface area contributed by atoms with Crippen LogP contribution in [0.25, 0.3) is 22.1 Å². The van der Waals surface area contributed by atoms with E-state index in [-0.39, 0.29) is 133 Å². The van der Waals surface area contributed by atoms with Crippen molar-refractivity contribution in [1.29, 1.82) is 0 Å². The maximum absolute atomic E-state index is 14.1. The number of carboxylic acid groups (broad SMARTS) is 1. The summed E-state index contributed by atoms with van der Waals surface area (Å²) in [6.45, 7) is 7.00. The van der Waals surface area contributed by atoms with E-state index in [4.69, 9.17) is 40.1 Å². The highest BCUT2D eigenvalue weighted by Crippen LogP contribution is 2.34. The summed E-state index contributed by atoms with van der Waals surface area (Å²) >= 11 is 0. The molecule has 9 rings (SSSR count). The number of carboxylic acids is 1. The SMILES string of the molecule is CCn1nc(C)cc1C(=O)Nc1nc2cc(C(N)=O)cc(OC)c2n1C/C=C\Cn1c(NC(=O)c2cc(C)nn2CC)nc2cc(C(N)=O)cc(OCCCN(C)C(=O)OCc3ccc(O[C@@H]4O[C@H](C(=O)O)[C@@H](O)[C@H](O)[C@H]4O)cc3NC(=O)CCNC(=O)CCN3C(=O)C=CC3=O)c21. The number of nitrogens with zero attached hydrogens (tertiary/aromatic N) is 10. The molecule has 2 aliphatic heterocycles. The first kappa shape index (κ1) is 70.7. The molecule has 2 aliphatic rings. The maximum atomic E-state index is 14.1. The zero-order valence-corrected chi connectivity index (χ0v) is 53.9. The van der Waals surface area contributed by atoms with Crippen LogP contribution in [-0.2, 0) is 66.2 Å². The molecule has 35 nitrogen and oxygen atoms in total. The Hall–Kier alpha value is -11.6. The second kappa shape index (κ2) is 30.9. The summed E-state index contributed by atoms with van der Waals surface area (Å²) in [7, 11) is 2.85. The third-order valence-corrected chi connectivity index (χ3v) is 15.6. The minimum Gasteiger partial charge on any atom is -0.494 e. The Labute approximate surface area is 556 Å². The number of imide groups is 1. The summed E-state index contributed by atoms with van der Waals surface area (Å²) in [6.07, 6.45) is -5.40. The van der Waals surface area contributed by atoms with Gasteiger partial charge < -0.3 is 80.2 Å². The maximum Gasteiger partial charge on any atom is 0.409 e. The second-order valence-corrected chi connectivity index (χ2v) is 22.5. The van der Waals surface area contributed by atoms with Crippen molar-refractivity contribution < 1.29 is 92.1 Å². The molecule has 4 aromatic heterocycles. The highest BCUT2D eigenvalue weighted by atomic mass is 16.7. The third kappa shape index (κ3) is 16.2. The number of methoxy groups -OCH3 is 1. The average molecular weight is 1360 g/mol. The molecule has 0 bridgehead atoms. The molecular formula is C63H72N16O19. The summed E-state index contributed by atoms with van der Waals surface area (Å²) in [5.41, 5.74) is 14.7. The van der Waals surface area contributed by atoms with Gasteiger partial charge in [0.2, 0.25) is 41.8 Å². The topological polar surface area (TPSA) is 476 Å². The number of aromatic nitrogens is 8. The van der Waals surface area contributed by atoms with Gasteiger partial charge in [0.1, 0.15) is 64.6 Å². The van der Waals surface area contributed by atoms with Crippen LogP contribution >= 0.6 is 0 Å². The number of imidazole rings is 2. The summed E-state index contributed by atoms with van der Waals surface area (Å²) in [4.78, 5) is 140. The predicted octanol–water partition coefficient (Wildman–Crippen LogP) is 1.47. The number of carbonyl (C=O) groups excluding carboxylic acids is 9. The van der Waals surface area contributed by atoms with Crippen molar-refractivity contribution in [3.63, 3.8) is 0 Å². The van der Waals surface area contributed by atoms with Crippen molar-refractivity contribution in [2.45, 2.75) is 110 Å². The molecule has 0 unspecified atom stereocenters. The standard InChI is InChI=1S/C63H72N16O19/c1-7-78-41(24-32(3)72-78)57(89)70-61-68-39-26-35(55(64)87)28-43(94-6)49(39)76(61)20-9-10-21-77-50-40(69-62(77)71-58(90)42-25-33(4)73-79(42)8-2)27-36(56(65)88)29-44(50)95-23-11-19-74(5)63(93)96-31-34-12-13-37(97-60-53(86)51(84)52(85)54(98-60)59(91)92)30-38(34)67-46(81)16-18-66-45(80)17-22-75-47(82)14-15-48(75)83/h9-10,12-15,24-30,51-54,60,84-86H,7-8,11,16-23,31H2,1-6H3,(H2,64,87)(H2,65,88)(H,66,80)(H,67,81)(H,91,92)(H,68,70,89)(H,69,71,90)/b10-9-/t51-,52-,53+,54-,60+/m0/s1. The highest BCUT2D eigenvalue weighted by molar-refractivity contribution is 6.13. The minimum absolute atomic E-state index is 0.00566. The molecule has 0 saturated carbocycles. The number of benzene rings is 3. The van der Waals surface area contributed by atoms with E-state index in [0.717, 1.165) is 17.1 Å². The van der Waals surface area contributed by atoms with Crippen LogP contribution in [0.1, 0.15) is 91.8 Å². The first-order chi connectivity index (χ1) is 46.8. The largest absolute Gasteiger partial charge is 0.494 e. The van der Waals surface area contributed by atoms with E-state index in [9.17, 15) is 68.4 Å². The lowest BCUT2D eigenvalue weighted by Crippen LogP contribution is -2.61. The van der Waals surface area contributed by atoms with E-state index >= 15 is 0 Å². The lowest BCUT2D eigenvalue weighted by molar-refractivity contribution is -0.271. The fraction of sp³-hybridized carbons (Fsp3) is 0.365. The lowest BCUT2D eigenvalue weighted by Gasteiger charge is -2.38. The average Bonchev–Trinajstić information content (AvgIpc) is 1.60. The molecule has 1 fully saturated rings. The smallest absolute Gasteiger partial charge is 0.409 e. The second-order valence-electron chi connectivity index (χ2n) is 22.5. The number of fused-ring (bicyclic) bond motifs is 2. The number of nitrogens with one attached hydrogen (secondary N) is 4. The van der Waals surface area contributed by atoms with Crippen molar-refractivity contribution in [1.82, 2.24) is 53.8 Å². The molecule has 518 valence electrons. The number of primary amides is 2. The molecular weight excluding hydrogens is 1280 g/mol. The van der Waals surface area contributed by atoms with Gasteiger partial charge in [0.05, 0.1) is 41.8 Å². The van der Waals surface area contributed by atoms with Crippen molar-refractivity contribution in [3.05, 3.63) is 118 Å². The van der Waals surface area contributed by atoms with Gasteiger partial charge in [-0.15, -0.1) is 0 Å². The van der Waals surface area contributed by atoms with Gasteiger partial charge in [-0.3, -0.25) is 63.3 Å². The van der Waals surface area contributed by atoms with E-state index in [2.05, 4.69) is 36.4 Å². The van der Waals surface area contributed by atoms with E-state index in [1.165, 1.54) is 66.2 Å². The van der Waals surface area contributed by atoms with Gasteiger partial charge >= 0.3 is 12.1 Å². The van der Waals surface area contributed by atoms with Crippen LogP contribution in [0.4, 0.5) is 22.4 Å². The van der Waals surface area contributed by atoms with Gasteiger partial charge in [-0.1, -0.05) is 12.2 Å². The summed E-state index contributed by atoms with van der Waals surface area (Å²) in [5.74, 6) is -6.38. The number of nitrogens with two attached hydrogens (primary N) is 2. The predicted molar refractivity (Wildman–Crippen MR) is 344 cm³/mol. The van der Waals surface area contributed by atoms with Gasteiger partial charge in [0.25, 0.3) is 23.6 Å². The van der Waals surface area contributed by atoms with E-state index in [1.54, 1.807) is 51.9 Å². The number of hydrogen-bond donors (Lipinski definition) is 10. The quantitative estimate of drug-likeness (QED) is 0.0173. The number of aryl methyl sites for hydroxylation is 4. The molecule has 35 heteroatoms. The number of aliphatic hydroxyl groups excluding tert-OH is 3. The van der Waals surface area contributed by atoms with E-state index in [1.807, 2.05) is 13.8 Å². The zero-order chi connectivity index (χ0) is 70.8.